The van der Waals surface area contributed by atoms with E-state index in [1.807, 2.05) is 5.32 Å². The third kappa shape index (κ3) is 6.67. The van der Waals surface area contributed by atoms with Gasteiger partial charge in [-0.15, -0.1) is 0 Å². The fraction of sp³-hybridized carbons (Fsp3) is 0.333. The topological polar surface area (TPSA) is 110 Å². The molecule has 0 bridgehead atoms. The predicted molar refractivity (Wildman–Crippen MR) is 124 cm³/mol. The average Bonchev–Trinajstić information content (AvgIpc) is 2.87. The van der Waals surface area contributed by atoms with E-state index in [1.54, 1.807) is 23.1 Å². The minimum Gasteiger partial charge on any atom is -0.378 e. The average molecular weight is 537 g/mol. The predicted octanol–water partition coefficient (Wildman–Crippen LogP) is 4.08. The molecule has 0 saturated heterocycles. The summed E-state index contributed by atoms with van der Waals surface area (Å²) in [5, 5.41) is 23.8. The number of aliphatic hydroxyl groups is 1. The number of halogens is 6. The highest BCUT2D eigenvalue weighted by Crippen LogP contribution is 2.36. The van der Waals surface area contributed by atoms with Gasteiger partial charge in [0.05, 0.1) is 36.0 Å². The van der Waals surface area contributed by atoms with E-state index in [0.29, 0.717) is 41.5 Å². The number of nitriles is 1. The number of anilines is 3. The van der Waals surface area contributed by atoms with Gasteiger partial charge in [0.15, 0.2) is 0 Å². The molecule has 1 atom stereocenters. The molecule has 4 rings (SSSR count). The van der Waals surface area contributed by atoms with E-state index in [1.165, 1.54) is 18.6 Å². The molecule has 8 nitrogen and oxygen atoms in total. The fourth-order valence-corrected chi connectivity index (χ4v) is 4.01. The van der Waals surface area contributed by atoms with Crippen LogP contribution in [0.2, 0.25) is 0 Å². The maximum atomic E-state index is 13.4. The number of hydrogen-bond acceptors (Lipinski definition) is 8. The Bertz CT molecular complexity index is 1320. The van der Waals surface area contributed by atoms with Crippen molar-refractivity contribution in [2.24, 2.45) is 0 Å². The Morgan fingerprint density at radius 3 is 2.53 bits per heavy atom. The van der Waals surface area contributed by atoms with Gasteiger partial charge < -0.3 is 15.3 Å². The van der Waals surface area contributed by atoms with Crippen LogP contribution in [0.3, 0.4) is 0 Å². The molecular weight excluding hydrogens is 516 g/mol. The van der Waals surface area contributed by atoms with Crippen LogP contribution in [0.4, 0.5) is 43.7 Å². The van der Waals surface area contributed by atoms with Crippen molar-refractivity contribution < 1.29 is 31.4 Å². The van der Waals surface area contributed by atoms with Crippen molar-refractivity contribution >= 4 is 17.3 Å². The van der Waals surface area contributed by atoms with Crippen molar-refractivity contribution in [3.63, 3.8) is 0 Å². The molecule has 1 unspecified atom stereocenters. The number of aliphatic hydroxyl groups excluding tert-OH is 1. The normalized spacial score (nSPS) is 14.5. The maximum Gasteiger partial charge on any atom is 0.417 e. The van der Waals surface area contributed by atoms with Crippen LogP contribution in [0.1, 0.15) is 27.9 Å². The summed E-state index contributed by atoms with van der Waals surface area (Å²) in [6.45, 7) is -0.704. The maximum absolute atomic E-state index is 13.4. The van der Waals surface area contributed by atoms with Crippen LogP contribution in [0.15, 0.2) is 42.9 Å². The molecule has 3 aromatic rings. The Balaban J connectivity index is 1.44. The molecule has 2 aromatic heterocycles. The van der Waals surface area contributed by atoms with E-state index < -0.39 is 36.3 Å². The quantitative estimate of drug-likeness (QED) is 0.306. The molecule has 0 amide bonds. The zero-order chi connectivity index (χ0) is 27.5. The zero-order valence-electron chi connectivity index (χ0n) is 19.6. The Morgan fingerprint density at radius 1 is 1.08 bits per heavy atom. The molecule has 14 heteroatoms. The second-order valence-electron chi connectivity index (χ2n) is 8.55. The second-order valence-corrected chi connectivity index (χ2v) is 8.55. The number of aromatic nitrogens is 3. The van der Waals surface area contributed by atoms with Gasteiger partial charge in [0.25, 0.3) is 0 Å². The fourth-order valence-electron chi connectivity index (χ4n) is 4.01. The van der Waals surface area contributed by atoms with Crippen LogP contribution in [0.5, 0.6) is 0 Å². The van der Waals surface area contributed by atoms with E-state index in [-0.39, 0.29) is 13.0 Å². The Kier molecular flexibility index (Phi) is 7.70. The third-order valence-corrected chi connectivity index (χ3v) is 5.84. The summed E-state index contributed by atoms with van der Waals surface area (Å²) in [4.78, 5) is 14.5. The van der Waals surface area contributed by atoms with Crippen LogP contribution < -0.4 is 15.5 Å². The van der Waals surface area contributed by atoms with Crippen molar-refractivity contribution in [2.75, 3.05) is 23.3 Å². The largest absolute Gasteiger partial charge is 0.417 e. The SMILES string of the molecule is N#Cc1ccc(N2CCc3c(ncnc3Nc3ccc(CC(O)NCC(F)(F)F)cn3)C2)cc1C(F)(F)F. The third-order valence-electron chi connectivity index (χ3n) is 5.84. The number of fused-ring (bicyclic) bond motifs is 1. The first-order chi connectivity index (χ1) is 17.9. The molecule has 3 N–H and O–H groups in total. The second kappa shape index (κ2) is 10.8. The summed E-state index contributed by atoms with van der Waals surface area (Å²) in [5.41, 5.74) is 0.774. The lowest BCUT2D eigenvalue weighted by atomic mass is 10.0. The summed E-state index contributed by atoms with van der Waals surface area (Å²) in [5.74, 6) is 0.870. The minimum atomic E-state index is -4.66. The lowest BCUT2D eigenvalue weighted by Crippen LogP contribution is -2.38. The van der Waals surface area contributed by atoms with Gasteiger partial charge in [0, 0.05) is 30.4 Å². The highest BCUT2D eigenvalue weighted by atomic mass is 19.4. The lowest BCUT2D eigenvalue weighted by Gasteiger charge is -2.31. The number of rotatable bonds is 7. The van der Waals surface area contributed by atoms with Gasteiger partial charge in [-0.2, -0.15) is 31.6 Å². The first kappa shape index (κ1) is 27.1. The van der Waals surface area contributed by atoms with Crippen molar-refractivity contribution in [2.45, 2.75) is 38.0 Å². The molecule has 0 fully saturated rings. The Hall–Kier alpha value is -3.96. The van der Waals surface area contributed by atoms with E-state index in [4.69, 9.17) is 5.26 Å². The standard InChI is InChI=1S/C24H21F6N7O/c25-23(26,27)12-33-21(38)7-14-1-4-20(32-10-14)36-22-17-5-6-37(11-19(17)34-13-35-22)16-3-2-15(9-31)18(8-16)24(28,29)30/h1-4,8,10,13,21,33,38H,5-7,11-12H2,(H,32,34,35,36). The smallest absolute Gasteiger partial charge is 0.378 e. The molecule has 0 spiro atoms. The summed E-state index contributed by atoms with van der Waals surface area (Å²) >= 11 is 0. The van der Waals surface area contributed by atoms with E-state index in [2.05, 4.69) is 20.3 Å². The van der Waals surface area contributed by atoms with Gasteiger partial charge in [-0.1, -0.05) is 6.07 Å². The number of hydrogen-bond donors (Lipinski definition) is 3. The highest BCUT2D eigenvalue weighted by molar-refractivity contribution is 5.60. The summed E-state index contributed by atoms with van der Waals surface area (Å²) in [6.07, 6.45) is -7.40. The number of nitrogens with one attached hydrogen (secondary N) is 2. The molecule has 38 heavy (non-hydrogen) atoms. The molecule has 1 aliphatic rings. The van der Waals surface area contributed by atoms with Crippen molar-refractivity contribution in [3.05, 3.63) is 70.8 Å². The molecule has 200 valence electrons. The Morgan fingerprint density at radius 2 is 1.87 bits per heavy atom. The van der Waals surface area contributed by atoms with Gasteiger partial charge in [0.2, 0.25) is 0 Å². The molecular formula is C24H21F6N7O. The molecule has 1 aromatic carbocycles. The molecule has 0 radical (unpaired) electrons. The van der Waals surface area contributed by atoms with Gasteiger partial charge >= 0.3 is 12.4 Å². The number of nitrogens with zero attached hydrogens (tertiary/aromatic N) is 5. The first-order valence-corrected chi connectivity index (χ1v) is 11.3. The monoisotopic (exact) mass is 537 g/mol. The van der Waals surface area contributed by atoms with Crippen molar-refractivity contribution in [1.82, 2.24) is 20.3 Å². The minimum absolute atomic E-state index is 0.0759. The van der Waals surface area contributed by atoms with Crippen LogP contribution >= 0.6 is 0 Å². The van der Waals surface area contributed by atoms with Gasteiger partial charge in [-0.25, -0.2) is 15.0 Å². The van der Waals surface area contributed by atoms with Gasteiger partial charge in [0.1, 0.15) is 24.2 Å². The van der Waals surface area contributed by atoms with Crippen LogP contribution in [-0.2, 0) is 25.6 Å². The molecule has 0 aliphatic carbocycles. The van der Waals surface area contributed by atoms with Crippen LogP contribution in [0, 0.1) is 11.3 Å². The summed E-state index contributed by atoms with van der Waals surface area (Å²) in [7, 11) is 0. The van der Waals surface area contributed by atoms with Crippen molar-refractivity contribution in [1.29, 1.82) is 5.26 Å². The molecule has 0 saturated carbocycles. The van der Waals surface area contributed by atoms with E-state index in [9.17, 15) is 31.4 Å². The number of pyridine rings is 1. The van der Waals surface area contributed by atoms with Gasteiger partial charge in [-0.05, 0) is 36.2 Å². The first-order valence-electron chi connectivity index (χ1n) is 11.3. The summed E-state index contributed by atoms with van der Waals surface area (Å²) in [6, 6.07) is 8.35. The van der Waals surface area contributed by atoms with Crippen LogP contribution in [0.25, 0.3) is 0 Å². The molecule has 1 aliphatic heterocycles. The summed E-state index contributed by atoms with van der Waals surface area (Å²) < 4.78 is 77.0. The van der Waals surface area contributed by atoms with E-state index >= 15 is 0 Å². The highest BCUT2D eigenvalue weighted by Gasteiger charge is 2.34. The van der Waals surface area contributed by atoms with Crippen molar-refractivity contribution in [3.8, 4) is 6.07 Å². The van der Waals surface area contributed by atoms with Gasteiger partial charge in [-0.3, -0.25) is 5.32 Å². The zero-order valence-corrected chi connectivity index (χ0v) is 19.6. The van der Waals surface area contributed by atoms with Crippen LogP contribution in [-0.4, -0.2) is 45.6 Å². The number of benzene rings is 1. The van der Waals surface area contributed by atoms with E-state index in [0.717, 1.165) is 17.7 Å². The molecule has 3 heterocycles. The number of alkyl halides is 6. The lowest BCUT2D eigenvalue weighted by molar-refractivity contribution is -0.137. The Labute approximate surface area is 213 Å².